The molecule has 8 heteroatoms. The van der Waals surface area contributed by atoms with E-state index in [1.807, 2.05) is 43.3 Å². The van der Waals surface area contributed by atoms with E-state index < -0.39 is 5.92 Å². The number of aromatic amines is 1. The van der Waals surface area contributed by atoms with Crippen molar-refractivity contribution in [1.29, 1.82) is 0 Å². The fourth-order valence-corrected chi connectivity index (χ4v) is 4.97. The zero-order chi connectivity index (χ0) is 24.3. The van der Waals surface area contributed by atoms with E-state index in [2.05, 4.69) is 9.97 Å². The van der Waals surface area contributed by atoms with Gasteiger partial charge < -0.3 is 20.4 Å². The maximum absolute atomic E-state index is 13.4. The number of nitrogens with one attached hydrogen (secondary N) is 1. The number of nitrogens with zero attached hydrogens (tertiary/aromatic N) is 3. The van der Waals surface area contributed by atoms with Gasteiger partial charge in [-0.3, -0.25) is 9.59 Å². The molecule has 0 saturated carbocycles. The molecule has 1 amide bonds. The van der Waals surface area contributed by atoms with Gasteiger partial charge in [0.2, 0.25) is 5.91 Å². The SMILES string of the molecule is COc1cc2c(cc1C(C(C)=O)=C(C)N)[nH]c1nc(C)nc(C3C(=O)N(C)c4ccccc43)c12. The van der Waals surface area contributed by atoms with E-state index >= 15 is 0 Å². The third kappa shape index (κ3) is 3.06. The van der Waals surface area contributed by atoms with Crippen LogP contribution in [0.2, 0.25) is 0 Å². The first-order valence-electron chi connectivity index (χ1n) is 10.9. The number of carbonyl (C=O) groups is 2. The minimum atomic E-state index is -0.547. The number of para-hydroxylation sites is 1. The Kier molecular flexibility index (Phi) is 4.89. The molecule has 0 bridgehead atoms. The van der Waals surface area contributed by atoms with Gasteiger partial charge in [-0.1, -0.05) is 18.2 Å². The van der Waals surface area contributed by atoms with Gasteiger partial charge in [-0.15, -0.1) is 0 Å². The quantitative estimate of drug-likeness (QED) is 0.452. The monoisotopic (exact) mass is 455 g/mol. The Morgan fingerprint density at radius 3 is 2.59 bits per heavy atom. The van der Waals surface area contributed by atoms with E-state index in [-0.39, 0.29) is 11.7 Å². The molecule has 3 N–H and O–H groups in total. The average Bonchev–Trinajstić information content (AvgIpc) is 3.26. The van der Waals surface area contributed by atoms with Gasteiger partial charge in [0.05, 0.1) is 12.8 Å². The average molecular weight is 456 g/mol. The van der Waals surface area contributed by atoms with Crippen LogP contribution in [0.5, 0.6) is 5.75 Å². The fourth-order valence-electron chi connectivity index (χ4n) is 4.97. The highest BCUT2D eigenvalue weighted by molar-refractivity contribution is 6.22. The summed E-state index contributed by atoms with van der Waals surface area (Å²) in [4.78, 5) is 40.1. The summed E-state index contributed by atoms with van der Waals surface area (Å²) < 4.78 is 5.66. The molecule has 3 heterocycles. The number of ether oxygens (including phenoxy) is 1. The molecule has 0 saturated heterocycles. The van der Waals surface area contributed by atoms with Crippen molar-refractivity contribution < 1.29 is 14.3 Å². The maximum atomic E-state index is 13.4. The highest BCUT2D eigenvalue weighted by Gasteiger charge is 2.39. The molecule has 8 nitrogen and oxygen atoms in total. The van der Waals surface area contributed by atoms with Crippen molar-refractivity contribution in [3.8, 4) is 5.75 Å². The van der Waals surface area contributed by atoms with Crippen molar-refractivity contribution in [2.24, 2.45) is 5.73 Å². The van der Waals surface area contributed by atoms with Gasteiger partial charge >= 0.3 is 0 Å². The molecule has 0 fully saturated rings. The molecule has 2 aromatic heterocycles. The standard InChI is InChI=1S/C26H25N5O3/c1-12(27)21(13(2)32)17-10-18-16(11-20(17)34-5)22-24(28-14(3)29-25(22)30-18)23-15-8-6-7-9-19(15)31(4)26(23)33/h6-11,23H,27H2,1-5H3,(H,28,29,30). The van der Waals surface area contributed by atoms with Crippen LogP contribution >= 0.6 is 0 Å². The van der Waals surface area contributed by atoms with Crippen LogP contribution in [0.4, 0.5) is 5.69 Å². The number of carbonyl (C=O) groups excluding carboxylic acids is 2. The summed E-state index contributed by atoms with van der Waals surface area (Å²) in [7, 11) is 3.33. The predicted octanol–water partition coefficient (Wildman–Crippen LogP) is 3.82. The highest BCUT2D eigenvalue weighted by Crippen LogP contribution is 2.44. The predicted molar refractivity (Wildman–Crippen MR) is 132 cm³/mol. The molecule has 4 aromatic rings. The largest absolute Gasteiger partial charge is 0.496 e. The first kappa shape index (κ1) is 21.6. The number of likely N-dealkylation sites (N-methyl/N-ethyl adjacent to an activating group) is 1. The lowest BCUT2D eigenvalue weighted by atomic mass is 9.93. The van der Waals surface area contributed by atoms with Crippen LogP contribution in [0.25, 0.3) is 27.5 Å². The van der Waals surface area contributed by atoms with Crippen LogP contribution in [0, 0.1) is 6.92 Å². The lowest BCUT2D eigenvalue weighted by Gasteiger charge is -2.14. The Balaban J connectivity index is 1.84. The normalized spacial score (nSPS) is 16.2. The van der Waals surface area contributed by atoms with Crippen molar-refractivity contribution in [1.82, 2.24) is 15.0 Å². The summed E-state index contributed by atoms with van der Waals surface area (Å²) in [5.74, 6) is 0.322. The van der Waals surface area contributed by atoms with Crippen molar-refractivity contribution in [3.05, 3.63) is 64.7 Å². The van der Waals surface area contributed by atoms with Crippen LogP contribution < -0.4 is 15.4 Å². The van der Waals surface area contributed by atoms with Crippen LogP contribution in [-0.4, -0.2) is 40.8 Å². The van der Waals surface area contributed by atoms with E-state index in [9.17, 15) is 9.59 Å². The molecule has 2 aromatic carbocycles. The summed E-state index contributed by atoms with van der Waals surface area (Å²) in [6.07, 6.45) is 0. The Labute approximate surface area is 196 Å². The number of methoxy groups -OCH3 is 1. The zero-order valence-electron chi connectivity index (χ0n) is 19.7. The molecule has 0 radical (unpaired) electrons. The minimum Gasteiger partial charge on any atom is -0.496 e. The van der Waals surface area contributed by atoms with Crippen molar-refractivity contribution >= 4 is 44.9 Å². The molecule has 172 valence electrons. The first-order valence-corrected chi connectivity index (χ1v) is 10.9. The summed E-state index contributed by atoms with van der Waals surface area (Å²) in [5, 5.41) is 1.56. The number of anilines is 1. The van der Waals surface area contributed by atoms with Gasteiger partial charge in [0.25, 0.3) is 0 Å². The molecule has 1 unspecified atom stereocenters. The Bertz CT molecular complexity index is 1550. The van der Waals surface area contributed by atoms with Gasteiger partial charge in [0, 0.05) is 45.9 Å². The van der Waals surface area contributed by atoms with E-state index in [1.54, 1.807) is 26.0 Å². The highest BCUT2D eigenvalue weighted by atomic mass is 16.5. The van der Waals surface area contributed by atoms with E-state index in [1.165, 1.54) is 6.92 Å². The maximum Gasteiger partial charge on any atom is 0.240 e. The Hall–Kier alpha value is -4.20. The molecule has 5 rings (SSSR count). The van der Waals surface area contributed by atoms with Gasteiger partial charge in [0.15, 0.2) is 5.78 Å². The number of rotatable bonds is 4. The smallest absolute Gasteiger partial charge is 0.240 e. The number of allylic oxidation sites excluding steroid dienone is 2. The van der Waals surface area contributed by atoms with E-state index in [4.69, 9.17) is 15.5 Å². The molecule has 1 atom stereocenters. The summed E-state index contributed by atoms with van der Waals surface area (Å²) in [6.45, 7) is 4.98. The molecule has 1 aliphatic rings. The molecule has 1 aliphatic heterocycles. The van der Waals surface area contributed by atoms with Crippen molar-refractivity contribution in [2.45, 2.75) is 26.7 Å². The third-order valence-corrected chi connectivity index (χ3v) is 6.39. The number of amides is 1. The molecular formula is C26H25N5O3. The van der Waals surface area contributed by atoms with E-state index in [0.717, 1.165) is 27.5 Å². The second-order valence-corrected chi connectivity index (χ2v) is 8.61. The number of aromatic nitrogens is 3. The number of Topliss-reactive ketones (excluding diaryl/α,β-unsaturated/α-hetero) is 1. The number of aryl methyl sites for hydroxylation is 1. The molecule has 34 heavy (non-hydrogen) atoms. The third-order valence-electron chi connectivity index (χ3n) is 6.39. The number of fused-ring (bicyclic) bond motifs is 4. The zero-order valence-corrected chi connectivity index (χ0v) is 19.7. The molecular weight excluding hydrogens is 430 g/mol. The Morgan fingerprint density at radius 2 is 1.91 bits per heavy atom. The van der Waals surface area contributed by atoms with Gasteiger partial charge in [-0.05, 0) is 44.5 Å². The number of hydrogen-bond donors (Lipinski definition) is 2. The van der Waals surface area contributed by atoms with Crippen LogP contribution in [0.15, 0.2) is 42.1 Å². The fraction of sp³-hybridized carbons (Fsp3) is 0.231. The number of hydrogen-bond acceptors (Lipinski definition) is 6. The van der Waals surface area contributed by atoms with Gasteiger partial charge in [-0.2, -0.15) is 0 Å². The van der Waals surface area contributed by atoms with Crippen LogP contribution in [0.1, 0.15) is 42.4 Å². The van der Waals surface area contributed by atoms with Crippen LogP contribution in [-0.2, 0) is 9.59 Å². The lowest BCUT2D eigenvalue weighted by molar-refractivity contribution is -0.118. The number of ketones is 1. The summed E-state index contributed by atoms with van der Waals surface area (Å²) >= 11 is 0. The van der Waals surface area contributed by atoms with Crippen molar-refractivity contribution in [2.75, 3.05) is 19.1 Å². The van der Waals surface area contributed by atoms with Gasteiger partial charge in [-0.25, -0.2) is 9.97 Å². The minimum absolute atomic E-state index is 0.0425. The van der Waals surface area contributed by atoms with Crippen molar-refractivity contribution in [3.63, 3.8) is 0 Å². The number of nitrogens with two attached hydrogens (primary N) is 1. The number of benzene rings is 2. The summed E-state index contributed by atoms with van der Waals surface area (Å²) in [6, 6.07) is 11.5. The van der Waals surface area contributed by atoms with Gasteiger partial charge in [0.1, 0.15) is 23.1 Å². The lowest BCUT2D eigenvalue weighted by Crippen LogP contribution is -2.25. The number of H-pyrrole nitrogens is 1. The van der Waals surface area contributed by atoms with E-state index in [0.29, 0.717) is 39.7 Å². The summed E-state index contributed by atoms with van der Waals surface area (Å²) in [5.41, 5.74) is 11.2. The Morgan fingerprint density at radius 1 is 1.18 bits per heavy atom. The molecule has 0 aliphatic carbocycles. The second-order valence-electron chi connectivity index (χ2n) is 8.61. The molecule has 0 spiro atoms. The topological polar surface area (TPSA) is 114 Å². The first-order chi connectivity index (χ1) is 16.2. The second kappa shape index (κ2) is 7.69. The van der Waals surface area contributed by atoms with Crippen LogP contribution in [0.3, 0.4) is 0 Å².